The van der Waals surface area contributed by atoms with Gasteiger partial charge in [-0.1, -0.05) is 11.6 Å². The molecule has 0 aliphatic heterocycles. The summed E-state index contributed by atoms with van der Waals surface area (Å²) in [4.78, 5) is 26.8. The molecule has 0 spiro atoms. The maximum absolute atomic E-state index is 12.0. The summed E-state index contributed by atoms with van der Waals surface area (Å²) >= 11 is 5.91. The normalized spacial score (nSPS) is 10.1. The van der Waals surface area contributed by atoms with Crippen molar-refractivity contribution < 1.29 is 9.59 Å². The molecular formula is C14H12ClN3O2. The highest BCUT2D eigenvalue weighted by Crippen LogP contribution is 2.16. The van der Waals surface area contributed by atoms with Crippen LogP contribution >= 0.6 is 11.6 Å². The molecule has 2 rings (SSSR count). The van der Waals surface area contributed by atoms with Crippen LogP contribution in [-0.2, 0) is 0 Å². The Morgan fingerprint density at radius 2 is 2.00 bits per heavy atom. The quantitative estimate of drug-likeness (QED) is 0.910. The third kappa shape index (κ3) is 3.33. The molecule has 0 saturated carbocycles. The molecule has 2 amide bonds. The van der Waals surface area contributed by atoms with E-state index in [1.807, 2.05) is 6.92 Å². The highest BCUT2D eigenvalue weighted by Gasteiger charge is 2.09. The van der Waals surface area contributed by atoms with E-state index >= 15 is 0 Å². The van der Waals surface area contributed by atoms with Gasteiger partial charge in [-0.3, -0.25) is 9.59 Å². The van der Waals surface area contributed by atoms with Crippen LogP contribution in [0.15, 0.2) is 36.5 Å². The fourth-order valence-electron chi connectivity index (χ4n) is 1.68. The summed E-state index contributed by atoms with van der Waals surface area (Å²) in [5.41, 5.74) is 7.04. The molecule has 1 aromatic heterocycles. The summed E-state index contributed by atoms with van der Waals surface area (Å²) in [5, 5.41) is 3.16. The maximum Gasteiger partial charge on any atom is 0.267 e. The van der Waals surface area contributed by atoms with Gasteiger partial charge in [0.05, 0.1) is 11.9 Å². The molecule has 2 aromatic rings. The summed E-state index contributed by atoms with van der Waals surface area (Å²) in [6.45, 7) is 1.85. The van der Waals surface area contributed by atoms with Gasteiger partial charge in [0, 0.05) is 10.6 Å². The zero-order valence-corrected chi connectivity index (χ0v) is 11.4. The number of carbonyl (C=O) groups excluding carboxylic acids is 2. The number of benzene rings is 1. The number of hydrogen-bond acceptors (Lipinski definition) is 3. The lowest BCUT2D eigenvalue weighted by atomic mass is 10.1. The number of halogens is 1. The smallest absolute Gasteiger partial charge is 0.267 e. The minimum Gasteiger partial charge on any atom is -0.364 e. The number of carbonyl (C=O) groups is 2. The summed E-state index contributed by atoms with van der Waals surface area (Å²) in [6, 6.07) is 8.08. The molecule has 0 bridgehead atoms. The second-order valence-corrected chi connectivity index (χ2v) is 4.70. The Kier molecular flexibility index (Phi) is 4.00. The molecule has 0 fully saturated rings. The van der Waals surface area contributed by atoms with Crippen molar-refractivity contribution in [3.63, 3.8) is 0 Å². The van der Waals surface area contributed by atoms with Gasteiger partial charge in [-0.2, -0.15) is 0 Å². The topological polar surface area (TPSA) is 85.1 Å². The molecule has 20 heavy (non-hydrogen) atoms. The third-order valence-electron chi connectivity index (χ3n) is 2.58. The number of anilines is 1. The van der Waals surface area contributed by atoms with Crippen LogP contribution in [0.3, 0.4) is 0 Å². The highest BCUT2D eigenvalue weighted by molar-refractivity contribution is 6.31. The largest absolute Gasteiger partial charge is 0.364 e. The van der Waals surface area contributed by atoms with Crippen LogP contribution in [0.25, 0.3) is 0 Å². The second kappa shape index (κ2) is 5.71. The molecule has 102 valence electrons. The molecule has 0 atom stereocenters. The number of nitrogens with one attached hydrogen (secondary N) is 1. The minimum atomic E-state index is -0.617. The molecular weight excluding hydrogens is 278 g/mol. The first kappa shape index (κ1) is 14.0. The van der Waals surface area contributed by atoms with E-state index in [2.05, 4.69) is 10.3 Å². The number of hydrogen-bond donors (Lipinski definition) is 2. The summed E-state index contributed by atoms with van der Waals surface area (Å²) in [6.07, 6.45) is 1.37. The first-order valence-electron chi connectivity index (χ1n) is 5.80. The number of nitrogens with zero attached hydrogens (tertiary/aromatic N) is 1. The molecule has 0 saturated heterocycles. The molecule has 3 N–H and O–H groups in total. The van der Waals surface area contributed by atoms with E-state index in [1.54, 1.807) is 24.3 Å². The highest BCUT2D eigenvalue weighted by atomic mass is 35.5. The van der Waals surface area contributed by atoms with Crippen molar-refractivity contribution in [2.75, 3.05) is 5.32 Å². The van der Waals surface area contributed by atoms with Gasteiger partial charge in [0.2, 0.25) is 0 Å². The number of primary amides is 1. The van der Waals surface area contributed by atoms with Crippen LogP contribution in [0, 0.1) is 6.92 Å². The lowest BCUT2D eigenvalue weighted by Crippen LogP contribution is -2.15. The van der Waals surface area contributed by atoms with Crippen molar-refractivity contribution in [2.24, 2.45) is 5.73 Å². The second-order valence-electron chi connectivity index (χ2n) is 4.27. The standard InChI is InChI=1S/C14H12ClN3O2/c1-8-4-9(6-10(15)5-8)14(20)18-11-2-3-12(13(16)19)17-7-11/h2-7H,1H3,(H2,16,19)(H,18,20). The van der Waals surface area contributed by atoms with Gasteiger partial charge in [0.25, 0.3) is 11.8 Å². The monoisotopic (exact) mass is 289 g/mol. The fraction of sp³-hybridized carbons (Fsp3) is 0.0714. The molecule has 0 aliphatic carbocycles. The first-order chi connectivity index (χ1) is 9.45. The summed E-state index contributed by atoms with van der Waals surface area (Å²) in [7, 11) is 0. The zero-order chi connectivity index (χ0) is 14.7. The van der Waals surface area contributed by atoms with Gasteiger partial charge in [0.15, 0.2) is 0 Å². The van der Waals surface area contributed by atoms with E-state index in [-0.39, 0.29) is 11.6 Å². The van der Waals surface area contributed by atoms with E-state index in [0.29, 0.717) is 16.3 Å². The van der Waals surface area contributed by atoms with Gasteiger partial charge in [-0.25, -0.2) is 4.98 Å². The Morgan fingerprint density at radius 3 is 2.55 bits per heavy atom. The lowest BCUT2D eigenvalue weighted by Gasteiger charge is -2.06. The molecule has 0 unspecified atom stereocenters. The van der Waals surface area contributed by atoms with Crippen LogP contribution in [0.1, 0.15) is 26.4 Å². The van der Waals surface area contributed by atoms with Crippen molar-refractivity contribution in [1.82, 2.24) is 4.98 Å². The molecule has 6 heteroatoms. The predicted molar refractivity (Wildman–Crippen MR) is 76.9 cm³/mol. The van der Waals surface area contributed by atoms with Crippen LogP contribution in [0.2, 0.25) is 5.02 Å². The van der Waals surface area contributed by atoms with Crippen molar-refractivity contribution in [3.8, 4) is 0 Å². The Hall–Kier alpha value is -2.40. The summed E-state index contributed by atoms with van der Waals surface area (Å²) in [5.74, 6) is -0.919. The van der Waals surface area contributed by atoms with E-state index in [1.165, 1.54) is 12.3 Å². The van der Waals surface area contributed by atoms with Crippen LogP contribution in [0.4, 0.5) is 5.69 Å². The SMILES string of the molecule is Cc1cc(Cl)cc(C(=O)Nc2ccc(C(N)=O)nc2)c1. The van der Waals surface area contributed by atoms with Gasteiger partial charge in [-0.15, -0.1) is 0 Å². The maximum atomic E-state index is 12.0. The number of aromatic nitrogens is 1. The predicted octanol–water partition coefficient (Wildman–Crippen LogP) is 2.39. The van der Waals surface area contributed by atoms with Crippen LogP contribution < -0.4 is 11.1 Å². The van der Waals surface area contributed by atoms with E-state index < -0.39 is 5.91 Å². The average Bonchev–Trinajstić information content (AvgIpc) is 2.38. The van der Waals surface area contributed by atoms with Crippen molar-refractivity contribution in [3.05, 3.63) is 58.4 Å². The number of pyridine rings is 1. The average molecular weight is 290 g/mol. The Morgan fingerprint density at radius 1 is 1.25 bits per heavy atom. The number of aryl methyl sites for hydroxylation is 1. The fourth-order valence-corrected chi connectivity index (χ4v) is 1.97. The Bertz CT molecular complexity index is 648. The van der Waals surface area contributed by atoms with Gasteiger partial charge < -0.3 is 11.1 Å². The van der Waals surface area contributed by atoms with E-state index in [0.717, 1.165) is 5.56 Å². The lowest BCUT2D eigenvalue weighted by molar-refractivity contribution is 0.0994. The van der Waals surface area contributed by atoms with E-state index in [4.69, 9.17) is 17.3 Å². The number of nitrogens with two attached hydrogens (primary N) is 1. The Labute approximate surface area is 120 Å². The minimum absolute atomic E-state index is 0.140. The van der Waals surface area contributed by atoms with Crippen molar-refractivity contribution in [1.29, 1.82) is 0 Å². The number of rotatable bonds is 3. The summed E-state index contributed by atoms with van der Waals surface area (Å²) < 4.78 is 0. The number of amides is 2. The molecule has 5 nitrogen and oxygen atoms in total. The molecule has 1 heterocycles. The van der Waals surface area contributed by atoms with Crippen molar-refractivity contribution in [2.45, 2.75) is 6.92 Å². The van der Waals surface area contributed by atoms with Gasteiger partial charge in [0.1, 0.15) is 5.69 Å². The Balaban J connectivity index is 2.16. The first-order valence-corrected chi connectivity index (χ1v) is 6.18. The van der Waals surface area contributed by atoms with Gasteiger partial charge in [-0.05, 0) is 42.8 Å². The van der Waals surface area contributed by atoms with Crippen molar-refractivity contribution >= 4 is 29.1 Å². The van der Waals surface area contributed by atoms with Gasteiger partial charge >= 0.3 is 0 Å². The molecule has 0 aliphatic rings. The third-order valence-corrected chi connectivity index (χ3v) is 2.80. The molecule has 1 aromatic carbocycles. The van der Waals surface area contributed by atoms with E-state index in [9.17, 15) is 9.59 Å². The van der Waals surface area contributed by atoms with Crippen LogP contribution in [0.5, 0.6) is 0 Å². The zero-order valence-electron chi connectivity index (χ0n) is 10.7. The molecule has 0 radical (unpaired) electrons. The van der Waals surface area contributed by atoms with Crippen LogP contribution in [-0.4, -0.2) is 16.8 Å².